The van der Waals surface area contributed by atoms with E-state index in [1.165, 1.54) is 17.4 Å². The zero-order valence-electron chi connectivity index (χ0n) is 20.4. The molecule has 9 nitrogen and oxygen atoms in total. The first-order valence-corrected chi connectivity index (χ1v) is 13.4. The fourth-order valence-electron chi connectivity index (χ4n) is 5.01. The summed E-state index contributed by atoms with van der Waals surface area (Å²) in [6.07, 6.45) is 7.32. The van der Waals surface area contributed by atoms with E-state index in [4.69, 9.17) is 9.40 Å². The summed E-state index contributed by atoms with van der Waals surface area (Å²) in [5.74, 6) is -1.07. The maximum absolute atomic E-state index is 14.0. The highest BCUT2D eigenvalue weighted by Gasteiger charge is 2.30. The summed E-state index contributed by atoms with van der Waals surface area (Å²) < 4.78 is 34.9. The van der Waals surface area contributed by atoms with Crippen molar-refractivity contribution in [1.82, 2.24) is 30.2 Å². The van der Waals surface area contributed by atoms with Gasteiger partial charge in [0.05, 0.1) is 30.2 Å². The zero-order valence-corrected chi connectivity index (χ0v) is 21.3. The Bertz CT molecular complexity index is 1440. The van der Waals surface area contributed by atoms with Crippen LogP contribution in [0.15, 0.2) is 57.6 Å². The summed E-state index contributed by atoms with van der Waals surface area (Å²) in [7, 11) is 0. The van der Waals surface area contributed by atoms with E-state index in [2.05, 4.69) is 20.9 Å². The number of rotatable bonds is 6. The maximum Gasteiger partial charge on any atom is 0.317 e. The Balaban J connectivity index is 1.10. The van der Waals surface area contributed by atoms with Gasteiger partial charge in [-0.25, -0.2) is 18.6 Å². The van der Waals surface area contributed by atoms with Crippen molar-refractivity contribution in [3.8, 4) is 11.3 Å². The fourth-order valence-corrected chi connectivity index (χ4v) is 5.73. The first-order valence-electron chi connectivity index (χ1n) is 12.5. The summed E-state index contributed by atoms with van der Waals surface area (Å²) in [4.78, 5) is 24.4. The number of hydrogen-bond donors (Lipinski definition) is 3. The van der Waals surface area contributed by atoms with Crippen molar-refractivity contribution >= 4 is 28.5 Å². The van der Waals surface area contributed by atoms with Crippen LogP contribution in [-0.4, -0.2) is 52.0 Å². The van der Waals surface area contributed by atoms with Gasteiger partial charge in [-0.1, -0.05) is 0 Å². The number of amides is 2. The van der Waals surface area contributed by atoms with Gasteiger partial charge in [0.1, 0.15) is 5.76 Å². The van der Waals surface area contributed by atoms with Gasteiger partial charge in [0.25, 0.3) is 0 Å². The van der Waals surface area contributed by atoms with Gasteiger partial charge in [-0.15, -0.1) is 11.3 Å². The summed E-state index contributed by atoms with van der Waals surface area (Å²) in [5, 5.41) is 12.0. The van der Waals surface area contributed by atoms with Gasteiger partial charge in [0.2, 0.25) is 0 Å². The van der Waals surface area contributed by atoms with E-state index in [1.54, 1.807) is 18.4 Å². The summed E-state index contributed by atoms with van der Waals surface area (Å²) >= 11 is 1.49. The first-order chi connectivity index (χ1) is 18.5. The number of carbonyl (C=O) groups excluding carboxylic acids is 1. The predicted molar refractivity (Wildman–Crippen MR) is 140 cm³/mol. The molecule has 4 aromatic rings. The van der Waals surface area contributed by atoms with Crippen LogP contribution in [0.4, 0.5) is 13.6 Å². The molecule has 6 rings (SSSR count). The van der Waals surface area contributed by atoms with Gasteiger partial charge in [0, 0.05) is 48.9 Å². The molecule has 1 aromatic carbocycles. The monoisotopic (exact) mass is 539 g/mol. The Morgan fingerprint density at radius 2 is 2.08 bits per heavy atom. The van der Waals surface area contributed by atoms with Crippen molar-refractivity contribution in [2.24, 2.45) is 4.99 Å². The van der Waals surface area contributed by atoms with Crippen LogP contribution in [0, 0.1) is 11.6 Å². The third kappa shape index (κ3) is 5.06. The van der Waals surface area contributed by atoms with Crippen LogP contribution < -0.4 is 16.0 Å². The Kier molecular flexibility index (Phi) is 6.92. The molecule has 2 unspecified atom stereocenters. The van der Waals surface area contributed by atoms with Crippen LogP contribution >= 0.6 is 11.3 Å². The lowest BCUT2D eigenvalue weighted by Crippen LogP contribution is -2.54. The van der Waals surface area contributed by atoms with Crippen molar-refractivity contribution in [3.05, 3.63) is 71.3 Å². The van der Waals surface area contributed by atoms with Crippen LogP contribution in [0.1, 0.15) is 36.8 Å². The normalized spacial score (nSPS) is 20.3. The second-order valence-electron chi connectivity index (χ2n) is 9.39. The average Bonchev–Trinajstić information content (AvgIpc) is 3.68. The molecule has 0 bridgehead atoms. The maximum atomic E-state index is 14.0. The number of halogens is 2. The van der Waals surface area contributed by atoms with Crippen molar-refractivity contribution in [3.63, 3.8) is 0 Å². The molecule has 3 aromatic heterocycles. The van der Waals surface area contributed by atoms with Gasteiger partial charge in [0.15, 0.2) is 22.9 Å². The molecular weight excluding hydrogens is 512 g/mol. The number of furan rings is 1. The molecule has 2 amide bonds. The molecule has 12 heteroatoms. The number of urea groups is 1. The summed E-state index contributed by atoms with van der Waals surface area (Å²) in [6.45, 7) is 1.64. The van der Waals surface area contributed by atoms with Crippen LogP contribution in [0.2, 0.25) is 0 Å². The average molecular weight is 540 g/mol. The number of likely N-dealkylation sites (tertiary alicyclic amines) is 1. The smallest absolute Gasteiger partial charge is 0.317 e. The van der Waals surface area contributed by atoms with Crippen LogP contribution in [0.3, 0.4) is 0 Å². The molecule has 0 aliphatic carbocycles. The molecule has 1 fully saturated rings. The minimum atomic E-state index is -0.900. The number of benzene rings is 1. The lowest BCUT2D eigenvalue weighted by Gasteiger charge is -2.35. The lowest BCUT2D eigenvalue weighted by atomic mass is 10.0. The number of aromatic nitrogens is 2. The number of nitrogens with one attached hydrogen (secondary N) is 3. The SMILES string of the molecule is O=C(NCc1ccco1)N1CCC(NC2N=CCC(c3c(-c4ccc(F)c(F)c4)nc4sccn34)N2)CC1. The molecule has 2 atom stereocenters. The van der Waals surface area contributed by atoms with Gasteiger partial charge >= 0.3 is 6.03 Å². The highest BCUT2D eigenvalue weighted by atomic mass is 32.1. The molecule has 0 spiro atoms. The van der Waals surface area contributed by atoms with E-state index in [9.17, 15) is 13.6 Å². The van der Waals surface area contributed by atoms with Crippen molar-refractivity contribution in [1.29, 1.82) is 0 Å². The molecule has 5 heterocycles. The van der Waals surface area contributed by atoms with E-state index < -0.39 is 11.6 Å². The van der Waals surface area contributed by atoms with E-state index in [0.29, 0.717) is 37.3 Å². The zero-order chi connectivity index (χ0) is 26.1. The number of hydrogen-bond acceptors (Lipinski definition) is 7. The minimum absolute atomic E-state index is 0.0981. The number of piperidine rings is 1. The number of nitrogens with zero attached hydrogens (tertiary/aromatic N) is 4. The Hall–Kier alpha value is -3.61. The minimum Gasteiger partial charge on any atom is -0.467 e. The summed E-state index contributed by atoms with van der Waals surface area (Å²) in [6, 6.07) is 7.46. The largest absolute Gasteiger partial charge is 0.467 e. The predicted octanol–water partition coefficient (Wildman–Crippen LogP) is 4.29. The standard InChI is InChI=1S/C26H27F2N7O2S/c27-19-4-3-16(14-20(19)28)22-23(35-11-13-38-26(35)33-22)21-5-8-29-24(32-21)31-17-6-9-34(10-7-17)25(36)30-15-18-2-1-12-37-18/h1-4,8,11-14,17,21,24,31-32H,5-7,9-10,15H2,(H,30,36). The molecule has 38 heavy (non-hydrogen) atoms. The van der Waals surface area contributed by atoms with E-state index in [0.717, 1.165) is 35.3 Å². The highest BCUT2D eigenvalue weighted by molar-refractivity contribution is 7.15. The molecule has 3 N–H and O–H groups in total. The second kappa shape index (κ2) is 10.6. The molecular formula is C26H27F2N7O2S. The third-order valence-corrected chi connectivity index (χ3v) is 7.70. The fraction of sp³-hybridized carbons (Fsp3) is 0.346. The number of carbonyl (C=O) groups is 1. The topological polar surface area (TPSA) is 99.2 Å². The molecule has 198 valence electrons. The highest BCUT2D eigenvalue weighted by Crippen LogP contribution is 2.33. The van der Waals surface area contributed by atoms with E-state index in [1.807, 2.05) is 33.2 Å². The van der Waals surface area contributed by atoms with E-state index >= 15 is 0 Å². The lowest BCUT2D eigenvalue weighted by molar-refractivity contribution is 0.170. The van der Waals surface area contributed by atoms with Gasteiger partial charge < -0.3 is 14.6 Å². The van der Waals surface area contributed by atoms with Crippen molar-refractivity contribution in [2.75, 3.05) is 13.1 Å². The summed E-state index contributed by atoms with van der Waals surface area (Å²) in [5.41, 5.74) is 2.03. The number of thiazole rings is 1. The Morgan fingerprint density at radius 1 is 1.21 bits per heavy atom. The van der Waals surface area contributed by atoms with Crippen LogP contribution in [0.5, 0.6) is 0 Å². The van der Waals surface area contributed by atoms with E-state index in [-0.39, 0.29) is 24.4 Å². The number of aliphatic imine (C=N–C) groups is 1. The second-order valence-corrected chi connectivity index (χ2v) is 10.3. The number of imidazole rings is 1. The Labute approximate surface area is 221 Å². The quantitative estimate of drug-likeness (QED) is 0.340. The van der Waals surface area contributed by atoms with Gasteiger partial charge in [-0.05, 0) is 43.2 Å². The third-order valence-electron chi connectivity index (χ3n) is 6.95. The Morgan fingerprint density at radius 3 is 2.87 bits per heavy atom. The van der Waals surface area contributed by atoms with Crippen LogP contribution in [0.25, 0.3) is 16.2 Å². The van der Waals surface area contributed by atoms with Crippen LogP contribution in [-0.2, 0) is 6.54 Å². The number of fused-ring (bicyclic) bond motifs is 1. The molecule has 2 aliphatic rings. The molecule has 1 saturated heterocycles. The molecule has 0 saturated carbocycles. The first kappa shape index (κ1) is 24.7. The van der Waals surface area contributed by atoms with Crippen molar-refractivity contribution in [2.45, 2.75) is 44.2 Å². The molecule has 2 aliphatic heterocycles. The van der Waals surface area contributed by atoms with Gasteiger partial charge in [-0.3, -0.25) is 20.0 Å². The van der Waals surface area contributed by atoms with Crippen molar-refractivity contribution < 1.29 is 18.0 Å². The molecule has 0 radical (unpaired) electrons. The van der Waals surface area contributed by atoms with Gasteiger partial charge in [-0.2, -0.15) is 0 Å².